The molecular weight excluding hydrogens is 367 g/mol. The van der Waals surface area contributed by atoms with E-state index in [1.165, 1.54) is 12.1 Å². The van der Waals surface area contributed by atoms with Crippen LogP contribution in [0.2, 0.25) is 5.02 Å². The zero-order valence-corrected chi connectivity index (χ0v) is 13.1. The third kappa shape index (κ3) is 4.22. The highest BCUT2D eigenvalue weighted by atomic mass is 79.9. The smallest absolute Gasteiger partial charge is 0.324 e. The van der Waals surface area contributed by atoms with E-state index in [1.807, 2.05) is 12.1 Å². The summed E-state index contributed by atoms with van der Waals surface area (Å²) >= 11 is 9.23. The summed E-state index contributed by atoms with van der Waals surface area (Å²) in [6, 6.07) is 10.1. The summed E-state index contributed by atoms with van der Waals surface area (Å²) in [5.41, 5.74) is 7.04. The Labute approximate surface area is 134 Å². The summed E-state index contributed by atoms with van der Waals surface area (Å²) in [6.07, 6.45) is -3.87. The largest absolute Gasteiger partial charge is 0.416 e. The molecular formula is C15H12BrClF3N. The van der Waals surface area contributed by atoms with Crippen molar-refractivity contribution in [1.29, 1.82) is 0 Å². The molecule has 0 aromatic heterocycles. The van der Waals surface area contributed by atoms with Gasteiger partial charge in [0.2, 0.25) is 0 Å². The van der Waals surface area contributed by atoms with E-state index in [-0.39, 0.29) is 6.04 Å². The van der Waals surface area contributed by atoms with Gasteiger partial charge in [-0.15, -0.1) is 0 Å². The summed E-state index contributed by atoms with van der Waals surface area (Å²) in [5.74, 6) is 0. The van der Waals surface area contributed by atoms with Crippen molar-refractivity contribution in [3.63, 3.8) is 0 Å². The molecule has 0 fully saturated rings. The Morgan fingerprint density at radius 2 is 1.71 bits per heavy atom. The van der Waals surface area contributed by atoms with Gasteiger partial charge in [-0.1, -0.05) is 29.8 Å². The average Bonchev–Trinajstić information content (AvgIpc) is 2.41. The molecule has 0 spiro atoms. The number of hydrogen-bond donors (Lipinski definition) is 1. The topological polar surface area (TPSA) is 26.0 Å². The molecule has 6 heteroatoms. The third-order valence-electron chi connectivity index (χ3n) is 3.11. The van der Waals surface area contributed by atoms with Crippen molar-refractivity contribution in [3.05, 3.63) is 68.7 Å². The quantitative estimate of drug-likeness (QED) is 0.764. The Morgan fingerprint density at radius 3 is 2.24 bits per heavy atom. The van der Waals surface area contributed by atoms with Crippen molar-refractivity contribution in [2.45, 2.75) is 18.6 Å². The minimum absolute atomic E-state index is 0.310. The van der Waals surface area contributed by atoms with Crippen LogP contribution in [0.25, 0.3) is 0 Å². The van der Waals surface area contributed by atoms with Crippen LogP contribution >= 0.6 is 27.5 Å². The number of alkyl halides is 3. The average molecular weight is 379 g/mol. The normalized spacial score (nSPS) is 13.2. The molecule has 0 heterocycles. The van der Waals surface area contributed by atoms with Gasteiger partial charge < -0.3 is 5.73 Å². The minimum atomic E-state index is -4.32. The van der Waals surface area contributed by atoms with Gasteiger partial charge in [-0.25, -0.2) is 0 Å². The predicted molar refractivity (Wildman–Crippen MR) is 81.2 cm³/mol. The SMILES string of the molecule is NC(Cc1ccc(C(F)(F)F)cc1)c1ccc(Cl)c(Br)c1. The van der Waals surface area contributed by atoms with E-state index in [1.54, 1.807) is 6.07 Å². The molecule has 0 saturated heterocycles. The van der Waals surface area contributed by atoms with Crippen molar-refractivity contribution in [3.8, 4) is 0 Å². The highest BCUT2D eigenvalue weighted by Gasteiger charge is 2.29. The summed E-state index contributed by atoms with van der Waals surface area (Å²) in [5, 5.41) is 0.584. The van der Waals surface area contributed by atoms with E-state index < -0.39 is 11.7 Å². The van der Waals surface area contributed by atoms with Gasteiger partial charge in [0, 0.05) is 10.5 Å². The third-order valence-corrected chi connectivity index (χ3v) is 4.32. The van der Waals surface area contributed by atoms with Crippen molar-refractivity contribution in [2.75, 3.05) is 0 Å². The Morgan fingerprint density at radius 1 is 1.10 bits per heavy atom. The van der Waals surface area contributed by atoms with Crippen LogP contribution in [-0.4, -0.2) is 0 Å². The first kappa shape index (κ1) is 16.3. The van der Waals surface area contributed by atoms with Gasteiger partial charge in [0.25, 0.3) is 0 Å². The molecule has 0 radical (unpaired) electrons. The molecule has 0 aliphatic rings. The van der Waals surface area contributed by atoms with Gasteiger partial charge >= 0.3 is 6.18 Å². The Balaban J connectivity index is 2.12. The minimum Gasteiger partial charge on any atom is -0.324 e. The molecule has 0 aliphatic heterocycles. The highest BCUT2D eigenvalue weighted by molar-refractivity contribution is 9.10. The first-order valence-electron chi connectivity index (χ1n) is 6.14. The molecule has 2 rings (SSSR count). The van der Waals surface area contributed by atoms with Crippen LogP contribution in [0.3, 0.4) is 0 Å². The Kier molecular flexibility index (Phi) is 4.96. The second-order valence-electron chi connectivity index (χ2n) is 4.68. The molecule has 0 saturated carbocycles. The molecule has 1 nitrogen and oxygen atoms in total. The van der Waals surface area contributed by atoms with Crippen LogP contribution < -0.4 is 5.73 Å². The summed E-state index contributed by atoms with van der Waals surface area (Å²) in [6.45, 7) is 0. The summed E-state index contributed by atoms with van der Waals surface area (Å²) in [4.78, 5) is 0. The van der Waals surface area contributed by atoms with Gasteiger partial charge in [0.05, 0.1) is 10.6 Å². The first-order chi connectivity index (χ1) is 9.77. The fourth-order valence-corrected chi connectivity index (χ4v) is 2.46. The van der Waals surface area contributed by atoms with Crippen LogP contribution in [0.5, 0.6) is 0 Å². The standard InChI is InChI=1S/C15H12BrClF3N/c16-12-8-10(3-6-13(12)17)14(21)7-9-1-4-11(5-2-9)15(18,19)20/h1-6,8,14H,7,21H2. The van der Waals surface area contributed by atoms with Gasteiger partial charge in [0.1, 0.15) is 0 Å². The number of rotatable bonds is 3. The van der Waals surface area contributed by atoms with E-state index in [0.29, 0.717) is 11.4 Å². The number of benzene rings is 2. The van der Waals surface area contributed by atoms with Gasteiger partial charge in [0.15, 0.2) is 0 Å². The van der Waals surface area contributed by atoms with E-state index in [4.69, 9.17) is 17.3 Å². The molecule has 0 amide bonds. The second-order valence-corrected chi connectivity index (χ2v) is 5.94. The van der Waals surface area contributed by atoms with Crippen molar-refractivity contribution in [1.82, 2.24) is 0 Å². The lowest BCUT2D eigenvalue weighted by molar-refractivity contribution is -0.137. The van der Waals surface area contributed by atoms with Crippen LogP contribution in [0, 0.1) is 0 Å². The monoisotopic (exact) mass is 377 g/mol. The molecule has 21 heavy (non-hydrogen) atoms. The van der Waals surface area contributed by atoms with Crippen LogP contribution in [0.1, 0.15) is 22.7 Å². The molecule has 0 bridgehead atoms. The lowest BCUT2D eigenvalue weighted by Crippen LogP contribution is -2.13. The van der Waals surface area contributed by atoms with Crippen LogP contribution in [0.4, 0.5) is 13.2 Å². The summed E-state index contributed by atoms with van der Waals surface area (Å²) < 4.78 is 38.2. The van der Waals surface area contributed by atoms with Gasteiger partial charge in [-0.2, -0.15) is 13.2 Å². The van der Waals surface area contributed by atoms with Gasteiger partial charge in [-0.3, -0.25) is 0 Å². The summed E-state index contributed by atoms with van der Waals surface area (Å²) in [7, 11) is 0. The fourth-order valence-electron chi connectivity index (χ4n) is 1.94. The maximum Gasteiger partial charge on any atom is 0.416 e. The molecule has 2 N–H and O–H groups in total. The zero-order chi connectivity index (χ0) is 15.6. The maximum atomic E-state index is 12.5. The molecule has 1 unspecified atom stereocenters. The first-order valence-corrected chi connectivity index (χ1v) is 7.31. The maximum absolute atomic E-state index is 12.5. The van der Waals surface area contributed by atoms with Gasteiger partial charge in [-0.05, 0) is 57.7 Å². The van der Waals surface area contributed by atoms with E-state index in [9.17, 15) is 13.2 Å². The van der Waals surface area contributed by atoms with Crippen LogP contribution in [0.15, 0.2) is 46.9 Å². The number of hydrogen-bond acceptors (Lipinski definition) is 1. The Hall–Kier alpha value is -1.04. The molecule has 112 valence electrons. The highest BCUT2D eigenvalue weighted by Crippen LogP contribution is 2.30. The van der Waals surface area contributed by atoms with Crippen molar-refractivity contribution >= 4 is 27.5 Å². The molecule has 1 atom stereocenters. The lowest BCUT2D eigenvalue weighted by atomic mass is 9.99. The Bertz CT molecular complexity index is 626. The van der Waals surface area contributed by atoms with Crippen molar-refractivity contribution in [2.24, 2.45) is 5.73 Å². The van der Waals surface area contributed by atoms with Crippen molar-refractivity contribution < 1.29 is 13.2 Å². The molecule has 2 aromatic carbocycles. The zero-order valence-electron chi connectivity index (χ0n) is 10.8. The fraction of sp³-hybridized carbons (Fsp3) is 0.200. The molecule has 2 aromatic rings. The lowest BCUT2D eigenvalue weighted by Gasteiger charge is -2.14. The predicted octanol–water partition coefficient (Wildman–Crippen LogP) is 5.36. The van der Waals surface area contributed by atoms with Crippen LogP contribution in [-0.2, 0) is 12.6 Å². The number of halogens is 5. The van der Waals surface area contributed by atoms with E-state index in [2.05, 4.69) is 15.9 Å². The second kappa shape index (κ2) is 6.38. The number of nitrogens with two attached hydrogens (primary N) is 1. The van der Waals surface area contributed by atoms with E-state index >= 15 is 0 Å². The van der Waals surface area contributed by atoms with E-state index in [0.717, 1.165) is 27.7 Å². The molecule has 0 aliphatic carbocycles.